The zero-order chi connectivity index (χ0) is 33.5. The number of rotatable bonds is 6. The van der Waals surface area contributed by atoms with Gasteiger partial charge in [0.15, 0.2) is 0 Å². The molecule has 3 aliphatic rings. The van der Waals surface area contributed by atoms with Gasteiger partial charge in [0.2, 0.25) is 21.8 Å². The number of anilines is 1. The summed E-state index contributed by atoms with van der Waals surface area (Å²) in [6.45, 7) is 9.94. The van der Waals surface area contributed by atoms with Crippen molar-refractivity contribution in [3.8, 4) is 5.75 Å². The van der Waals surface area contributed by atoms with Crippen molar-refractivity contribution in [3.05, 3.63) is 59.7 Å². The number of para-hydroxylation sites is 2. The number of likely N-dealkylation sites (tertiary alicyclic amines) is 1. The standard InChI is InChI=1S/C34H46N4O7S/c1-32(2,3)45-31(41)36-33(4,5)30(40)35-28(24-15-20-44-27-14-10-7-11-23(27)21-24)29(39)37-18-16-34(17-19-37)22-38(46(6,42)43)26-13-9-8-12-25(26)34/h7-14,24,28H,15-22H2,1-6H3,(H,35,40)(H,36,41). The molecule has 0 bridgehead atoms. The number of carbonyl (C=O) groups excluding carboxylic acids is 3. The average molecular weight is 655 g/mol. The lowest BCUT2D eigenvalue weighted by Crippen LogP contribution is -2.62. The molecule has 11 nitrogen and oxygen atoms in total. The quantitative estimate of drug-likeness (QED) is 0.485. The summed E-state index contributed by atoms with van der Waals surface area (Å²) in [5, 5.41) is 5.66. The molecule has 3 aliphatic heterocycles. The van der Waals surface area contributed by atoms with E-state index in [4.69, 9.17) is 9.47 Å². The molecule has 2 N–H and O–H groups in total. The van der Waals surface area contributed by atoms with Crippen molar-refractivity contribution in [3.63, 3.8) is 0 Å². The number of piperidine rings is 1. The van der Waals surface area contributed by atoms with E-state index in [2.05, 4.69) is 10.6 Å². The molecule has 0 aliphatic carbocycles. The maximum absolute atomic E-state index is 14.4. The molecule has 3 heterocycles. The first-order valence-electron chi connectivity index (χ1n) is 15.9. The molecule has 12 heteroatoms. The maximum Gasteiger partial charge on any atom is 0.408 e. The summed E-state index contributed by atoms with van der Waals surface area (Å²) in [7, 11) is -3.47. The van der Waals surface area contributed by atoms with Crippen LogP contribution in [0, 0.1) is 5.92 Å². The molecule has 0 aromatic heterocycles. The normalized spacial score (nSPS) is 20.1. The molecule has 2 atom stereocenters. The van der Waals surface area contributed by atoms with E-state index >= 15 is 0 Å². The number of hydrogen-bond donors (Lipinski definition) is 2. The minimum Gasteiger partial charge on any atom is -0.493 e. The van der Waals surface area contributed by atoms with Gasteiger partial charge in [-0.25, -0.2) is 13.2 Å². The molecule has 3 amide bonds. The van der Waals surface area contributed by atoms with Crippen LogP contribution in [0.5, 0.6) is 5.75 Å². The number of ether oxygens (including phenoxy) is 2. The van der Waals surface area contributed by atoms with Gasteiger partial charge in [-0.3, -0.25) is 13.9 Å². The van der Waals surface area contributed by atoms with Crippen molar-refractivity contribution >= 4 is 33.6 Å². The fourth-order valence-electron chi connectivity index (χ4n) is 6.78. The molecule has 1 saturated heterocycles. The minimum atomic E-state index is -3.47. The van der Waals surface area contributed by atoms with Gasteiger partial charge >= 0.3 is 6.09 Å². The van der Waals surface area contributed by atoms with Crippen LogP contribution in [-0.4, -0.2) is 80.9 Å². The van der Waals surface area contributed by atoms with Crippen LogP contribution in [0.25, 0.3) is 0 Å². The van der Waals surface area contributed by atoms with E-state index < -0.39 is 44.6 Å². The van der Waals surface area contributed by atoms with Crippen LogP contribution in [0.2, 0.25) is 0 Å². The van der Waals surface area contributed by atoms with Gasteiger partial charge in [-0.1, -0.05) is 36.4 Å². The smallest absolute Gasteiger partial charge is 0.408 e. The fraction of sp³-hybridized carbons (Fsp3) is 0.559. The number of nitrogens with zero attached hydrogens (tertiary/aromatic N) is 2. The van der Waals surface area contributed by atoms with E-state index in [1.165, 1.54) is 10.6 Å². The van der Waals surface area contributed by atoms with Crippen LogP contribution in [0.4, 0.5) is 10.5 Å². The van der Waals surface area contributed by atoms with Crippen molar-refractivity contribution in [2.75, 3.05) is 36.8 Å². The predicted octanol–water partition coefficient (Wildman–Crippen LogP) is 3.76. The molecule has 2 aromatic rings. The minimum absolute atomic E-state index is 0.202. The van der Waals surface area contributed by atoms with Gasteiger partial charge in [0.25, 0.3) is 0 Å². The number of hydrogen-bond acceptors (Lipinski definition) is 7. The second kappa shape index (κ2) is 12.4. The number of carbonyl (C=O) groups is 3. The van der Waals surface area contributed by atoms with E-state index in [0.717, 1.165) is 16.9 Å². The zero-order valence-corrected chi connectivity index (χ0v) is 28.4. The number of benzene rings is 2. The van der Waals surface area contributed by atoms with Gasteiger partial charge in [0.05, 0.1) is 18.6 Å². The summed E-state index contributed by atoms with van der Waals surface area (Å²) in [4.78, 5) is 42.5. The molecule has 0 saturated carbocycles. The molecule has 250 valence electrons. The third-order valence-electron chi connectivity index (χ3n) is 9.23. The lowest BCUT2D eigenvalue weighted by atomic mass is 9.74. The van der Waals surface area contributed by atoms with Crippen molar-refractivity contribution in [1.29, 1.82) is 0 Å². The lowest BCUT2D eigenvalue weighted by Gasteiger charge is -2.42. The van der Waals surface area contributed by atoms with Gasteiger partial charge in [-0.2, -0.15) is 0 Å². The second-order valence-corrected chi connectivity index (χ2v) is 16.2. The van der Waals surface area contributed by atoms with Crippen molar-refractivity contribution in [1.82, 2.24) is 15.5 Å². The fourth-order valence-corrected chi connectivity index (χ4v) is 7.78. The first-order chi connectivity index (χ1) is 21.5. The van der Waals surface area contributed by atoms with E-state index in [9.17, 15) is 22.8 Å². The van der Waals surface area contributed by atoms with E-state index in [1.807, 2.05) is 48.5 Å². The summed E-state index contributed by atoms with van der Waals surface area (Å²) in [6.07, 6.45) is 2.74. The van der Waals surface area contributed by atoms with E-state index in [1.54, 1.807) is 39.5 Å². The Morgan fingerprint density at radius 2 is 1.65 bits per heavy atom. The van der Waals surface area contributed by atoms with Crippen LogP contribution in [0.1, 0.15) is 65.0 Å². The van der Waals surface area contributed by atoms with Crippen molar-refractivity contribution in [2.24, 2.45) is 5.92 Å². The Bertz CT molecular complexity index is 1590. The summed E-state index contributed by atoms with van der Waals surface area (Å²) < 4.78 is 38.2. The van der Waals surface area contributed by atoms with Gasteiger partial charge in [-0.05, 0) is 89.5 Å². The predicted molar refractivity (Wildman–Crippen MR) is 175 cm³/mol. The van der Waals surface area contributed by atoms with Crippen molar-refractivity contribution < 1.29 is 32.3 Å². The molecule has 1 fully saturated rings. The number of amides is 3. The molecule has 2 unspecified atom stereocenters. The molecule has 46 heavy (non-hydrogen) atoms. The molecular weight excluding hydrogens is 608 g/mol. The highest BCUT2D eigenvalue weighted by atomic mass is 32.2. The van der Waals surface area contributed by atoms with Crippen LogP contribution < -0.4 is 19.7 Å². The number of sulfonamides is 1. The third-order valence-corrected chi connectivity index (χ3v) is 10.4. The SMILES string of the molecule is CC(C)(C)OC(=O)NC(C)(C)C(=O)NC(C(=O)N1CCC2(CC1)CN(S(C)(=O)=O)c1ccccc12)C1CCOc2ccccc2C1. The van der Waals surface area contributed by atoms with Gasteiger partial charge in [-0.15, -0.1) is 0 Å². The molecule has 1 spiro atoms. The van der Waals surface area contributed by atoms with E-state index in [0.29, 0.717) is 57.6 Å². The summed E-state index contributed by atoms with van der Waals surface area (Å²) in [5.41, 5.74) is 0.145. The van der Waals surface area contributed by atoms with E-state index in [-0.39, 0.29) is 11.8 Å². The van der Waals surface area contributed by atoms with Crippen molar-refractivity contribution in [2.45, 2.75) is 82.9 Å². The monoisotopic (exact) mass is 654 g/mol. The Hall–Kier alpha value is -3.80. The van der Waals surface area contributed by atoms with Gasteiger partial charge < -0.3 is 25.0 Å². The Labute approximate surface area is 272 Å². The van der Waals surface area contributed by atoms with Crippen LogP contribution in [0.15, 0.2) is 48.5 Å². The highest BCUT2D eigenvalue weighted by molar-refractivity contribution is 7.92. The maximum atomic E-state index is 14.4. The second-order valence-electron chi connectivity index (χ2n) is 14.3. The Balaban J connectivity index is 1.37. The Morgan fingerprint density at radius 3 is 2.33 bits per heavy atom. The Kier molecular flexibility index (Phi) is 9.07. The summed E-state index contributed by atoms with van der Waals surface area (Å²) >= 11 is 0. The van der Waals surface area contributed by atoms with Crippen LogP contribution in [0.3, 0.4) is 0 Å². The highest BCUT2D eigenvalue weighted by Gasteiger charge is 2.48. The van der Waals surface area contributed by atoms with Crippen LogP contribution in [-0.2, 0) is 36.2 Å². The first-order valence-corrected chi connectivity index (χ1v) is 17.7. The molecule has 2 aromatic carbocycles. The number of fused-ring (bicyclic) bond motifs is 3. The Morgan fingerprint density at radius 1 is 1.00 bits per heavy atom. The lowest BCUT2D eigenvalue weighted by molar-refractivity contribution is -0.140. The number of nitrogens with one attached hydrogen (secondary N) is 2. The average Bonchev–Trinajstić information content (AvgIpc) is 3.13. The van der Waals surface area contributed by atoms with Gasteiger partial charge in [0.1, 0.15) is 22.9 Å². The summed E-state index contributed by atoms with van der Waals surface area (Å²) in [5.74, 6) is -0.199. The topological polar surface area (TPSA) is 134 Å². The molecular formula is C34H46N4O7S. The molecule has 5 rings (SSSR count). The highest BCUT2D eigenvalue weighted by Crippen LogP contribution is 2.48. The molecule has 0 radical (unpaired) electrons. The first kappa shape index (κ1) is 33.6. The third kappa shape index (κ3) is 7.11. The summed E-state index contributed by atoms with van der Waals surface area (Å²) in [6, 6.07) is 14.4. The zero-order valence-electron chi connectivity index (χ0n) is 27.6. The van der Waals surface area contributed by atoms with Gasteiger partial charge in [0, 0.05) is 25.0 Å². The number of alkyl carbamates (subject to hydrolysis) is 1. The largest absolute Gasteiger partial charge is 0.493 e. The van der Waals surface area contributed by atoms with Crippen LogP contribution >= 0.6 is 0 Å².